The van der Waals surface area contributed by atoms with Crippen LogP contribution in [0.25, 0.3) is 0 Å². The van der Waals surface area contributed by atoms with Crippen molar-refractivity contribution < 1.29 is 9.53 Å². The van der Waals surface area contributed by atoms with Gasteiger partial charge in [-0.15, -0.1) is 0 Å². The van der Waals surface area contributed by atoms with Gasteiger partial charge in [-0.05, 0) is 6.07 Å². The Morgan fingerprint density at radius 1 is 1.62 bits per heavy atom. The van der Waals surface area contributed by atoms with Crippen LogP contribution < -0.4 is 0 Å². The van der Waals surface area contributed by atoms with Crippen molar-refractivity contribution in [2.75, 3.05) is 7.11 Å². The Bertz CT molecular complexity index is 289. The smallest absolute Gasteiger partial charge is 0.166 e. The number of rotatable bonds is 4. The Morgan fingerprint density at radius 3 is 2.85 bits per heavy atom. The van der Waals surface area contributed by atoms with Gasteiger partial charge in [-0.3, -0.25) is 4.79 Å². The van der Waals surface area contributed by atoms with E-state index in [9.17, 15) is 4.79 Å². The molecule has 1 aromatic rings. The Labute approximate surface area is 78.3 Å². The monoisotopic (exact) mass is 181 g/mol. The molecule has 13 heavy (non-hydrogen) atoms. The minimum absolute atomic E-state index is 0.0541. The second-order valence-electron chi connectivity index (χ2n) is 3.35. The summed E-state index contributed by atoms with van der Waals surface area (Å²) in [5.41, 5.74) is 0.757. The molecule has 0 aliphatic rings. The van der Waals surface area contributed by atoms with E-state index in [0.29, 0.717) is 6.73 Å². The molecule has 0 spiro atoms. The van der Waals surface area contributed by atoms with Crippen LogP contribution in [0.15, 0.2) is 18.5 Å². The molecule has 0 amide bonds. The molecule has 1 rings (SSSR count). The summed E-state index contributed by atoms with van der Waals surface area (Å²) in [5.74, 6) is 0.230. The summed E-state index contributed by atoms with van der Waals surface area (Å²) >= 11 is 0. The molecular weight excluding hydrogens is 166 g/mol. The van der Waals surface area contributed by atoms with Crippen LogP contribution in [0.3, 0.4) is 0 Å². The minimum atomic E-state index is 0.0541. The third kappa shape index (κ3) is 2.42. The summed E-state index contributed by atoms with van der Waals surface area (Å²) in [6, 6.07) is 1.82. The van der Waals surface area contributed by atoms with Crippen LogP contribution in [-0.4, -0.2) is 17.5 Å². The first-order valence-corrected chi connectivity index (χ1v) is 4.34. The molecule has 0 aliphatic heterocycles. The average Bonchev–Trinajstić information content (AvgIpc) is 2.52. The summed E-state index contributed by atoms with van der Waals surface area (Å²) in [7, 11) is 1.63. The van der Waals surface area contributed by atoms with Gasteiger partial charge in [0.15, 0.2) is 5.78 Å². The fraction of sp³-hybridized carbons (Fsp3) is 0.500. The highest BCUT2D eigenvalue weighted by molar-refractivity contribution is 5.97. The molecule has 0 unspecified atom stereocenters. The standard InChI is InChI=1S/C10H15NO2/c1-8(2)10(12)9-4-5-11(6-9)7-13-3/h4-6,8H,7H2,1-3H3. The van der Waals surface area contributed by atoms with Gasteiger partial charge >= 0.3 is 0 Å². The van der Waals surface area contributed by atoms with Crippen LogP contribution in [0.1, 0.15) is 24.2 Å². The molecule has 1 heterocycles. The predicted molar refractivity (Wildman–Crippen MR) is 50.6 cm³/mol. The topological polar surface area (TPSA) is 31.2 Å². The van der Waals surface area contributed by atoms with Crippen LogP contribution in [0, 0.1) is 5.92 Å². The summed E-state index contributed by atoms with van der Waals surface area (Å²) in [6.07, 6.45) is 3.66. The van der Waals surface area contributed by atoms with Crippen molar-refractivity contribution in [3.63, 3.8) is 0 Å². The molecule has 0 fully saturated rings. The second kappa shape index (κ2) is 4.23. The number of hydrogen-bond acceptors (Lipinski definition) is 2. The Kier molecular flexibility index (Phi) is 3.25. The van der Waals surface area contributed by atoms with Gasteiger partial charge in [0.05, 0.1) is 0 Å². The second-order valence-corrected chi connectivity index (χ2v) is 3.35. The van der Waals surface area contributed by atoms with Crippen molar-refractivity contribution in [1.82, 2.24) is 4.57 Å². The van der Waals surface area contributed by atoms with E-state index in [1.807, 2.05) is 36.9 Å². The van der Waals surface area contributed by atoms with Crippen molar-refractivity contribution in [2.45, 2.75) is 20.6 Å². The number of ketones is 1. The maximum absolute atomic E-state index is 11.5. The zero-order chi connectivity index (χ0) is 9.84. The maximum atomic E-state index is 11.5. The molecule has 0 saturated carbocycles. The van der Waals surface area contributed by atoms with Gasteiger partial charge in [-0.1, -0.05) is 13.8 Å². The van der Waals surface area contributed by atoms with Gasteiger partial charge in [0, 0.05) is 31.0 Å². The minimum Gasteiger partial charge on any atom is -0.364 e. The largest absolute Gasteiger partial charge is 0.364 e. The number of methoxy groups -OCH3 is 1. The molecule has 0 radical (unpaired) electrons. The average molecular weight is 181 g/mol. The lowest BCUT2D eigenvalue weighted by molar-refractivity contribution is 0.0938. The number of nitrogens with zero attached hydrogens (tertiary/aromatic N) is 1. The highest BCUT2D eigenvalue weighted by Crippen LogP contribution is 2.08. The molecule has 3 nitrogen and oxygen atoms in total. The van der Waals surface area contributed by atoms with Crippen molar-refractivity contribution in [2.24, 2.45) is 5.92 Å². The van der Waals surface area contributed by atoms with E-state index in [0.717, 1.165) is 5.56 Å². The van der Waals surface area contributed by atoms with Gasteiger partial charge in [0.1, 0.15) is 6.73 Å². The van der Waals surface area contributed by atoms with Crippen molar-refractivity contribution in [3.05, 3.63) is 24.0 Å². The van der Waals surface area contributed by atoms with Crippen LogP contribution in [0.5, 0.6) is 0 Å². The van der Waals surface area contributed by atoms with Gasteiger partial charge in [0.2, 0.25) is 0 Å². The summed E-state index contributed by atoms with van der Waals surface area (Å²) in [5, 5.41) is 0. The maximum Gasteiger partial charge on any atom is 0.166 e. The zero-order valence-electron chi connectivity index (χ0n) is 8.28. The Hall–Kier alpha value is -1.09. The highest BCUT2D eigenvalue weighted by atomic mass is 16.5. The Morgan fingerprint density at radius 2 is 2.31 bits per heavy atom. The summed E-state index contributed by atoms with van der Waals surface area (Å²) in [6.45, 7) is 4.29. The number of carbonyl (C=O) groups excluding carboxylic acids is 1. The first-order chi connectivity index (χ1) is 6.15. The lowest BCUT2D eigenvalue weighted by atomic mass is 10.0. The molecule has 0 aliphatic carbocycles. The van der Waals surface area contributed by atoms with Crippen molar-refractivity contribution in [1.29, 1.82) is 0 Å². The normalized spacial score (nSPS) is 10.8. The van der Waals surface area contributed by atoms with Crippen molar-refractivity contribution >= 4 is 5.78 Å². The van der Waals surface area contributed by atoms with E-state index in [1.165, 1.54) is 0 Å². The number of hydrogen-bond donors (Lipinski definition) is 0. The molecule has 72 valence electrons. The quantitative estimate of drug-likeness (QED) is 0.664. The molecule has 0 bridgehead atoms. The number of ether oxygens (including phenoxy) is 1. The van der Waals surface area contributed by atoms with E-state index in [2.05, 4.69) is 0 Å². The molecule has 1 aromatic heterocycles. The lowest BCUT2D eigenvalue weighted by Crippen LogP contribution is -2.06. The molecule has 0 aromatic carbocycles. The van der Waals surface area contributed by atoms with Crippen LogP contribution >= 0.6 is 0 Å². The third-order valence-electron chi connectivity index (χ3n) is 1.84. The van der Waals surface area contributed by atoms with E-state index in [-0.39, 0.29) is 11.7 Å². The van der Waals surface area contributed by atoms with E-state index in [4.69, 9.17) is 4.74 Å². The summed E-state index contributed by atoms with van der Waals surface area (Å²) < 4.78 is 6.78. The zero-order valence-corrected chi connectivity index (χ0v) is 8.28. The SMILES string of the molecule is COCn1ccc(C(=O)C(C)C)c1. The number of Topliss-reactive ketones (excluding diaryl/α,β-unsaturated/α-hetero) is 1. The number of carbonyl (C=O) groups is 1. The molecular formula is C10H15NO2. The molecule has 0 N–H and O–H groups in total. The summed E-state index contributed by atoms with van der Waals surface area (Å²) in [4.78, 5) is 11.5. The van der Waals surface area contributed by atoms with Crippen LogP contribution in [-0.2, 0) is 11.5 Å². The molecule has 0 atom stereocenters. The Balaban J connectivity index is 2.73. The van der Waals surface area contributed by atoms with Gasteiger partial charge in [0.25, 0.3) is 0 Å². The lowest BCUT2D eigenvalue weighted by Gasteiger charge is -2.01. The van der Waals surface area contributed by atoms with Crippen molar-refractivity contribution in [3.8, 4) is 0 Å². The highest BCUT2D eigenvalue weighted by Gasteiger charge is 2.10. The molecule has 0 saturated heterocycles. The fourth-order valence-electron chi connectivity index (χ4n) is 1.15. The molecule has 3 heteroatoms. The van der Waals surface area contributed by atoms with Gasteiger partial charge < -0.3 is 9.30 Å². The predicted octanol–water partition coefficient (Wildman–Crippen LogP) is 1.93. The van der Waals surface area contributed by atoms with Gasteiger partial charge in [-0.25, -0.2) is 0 Å². The van der Waals surface area contributed by atoms with Crippen LogP contribution in [0.4, 0.5) is 0 Å². The van der Waals surface area contributed by atoms with E-state index >= 15 is 0 Å². The van der Waals surface area contributed by atoms with E-state index in [1.54, 1.807) is 7.11 Å². The van der Waals surface area contributed by atoms with Gasteiger partial charge in [-0.2, -0.15) is 0 Å². The third-order valence-corrected chi connectivity index (χ3v) is 1.84. The number of aromatic nitrogens is 1. The van der Waals surface area contributed by atoms with Crippen LogP contribution in [0.2, 0.25) is 0 Å². The van der Waals surface area contributed by atoms with E-state index < -0.39 is 0 Å². The first-order valence-electron chi connectivity index (χ1n) is 4.34. The first kappa shape index (κ1) is 9.99. The fourth-order valence-corrected chi connectivity index (χ4v) is 1.15.